The molecule has 0 fully saturated rings. The van der Waals surface area contributed by atoms with Crippen LogP contribution in [0.2, 0.25) is 0 Å². The zero-order chi connectivity index (χ0) is 15.6. The Morgan fingerprint density at radius 2 is 1.95 bits per heavy atom. The van der Waals surface area contributed by atoms with E-state index < -0.39 is 10.0 Å². The SMILES string of the molecule is Cc1ccc(C(C)NS(=O)(=O)c2cc(CN)sc2Br)cc1. The number of hydrogen-bond acceptors (Lipinski definition) is 4. The first-order valence-corrected chi connectivity index (χ1v) is 9.50. The maximum Gasteiger partial charge on any atom is 0.243 e. The summed E-state index contributed by atoms with van der Waals surface area (Å²) in [6.45, 7) is 4.15. The average Bonchev–Trinajstić information content (AvgIpc) is 2.81. The van der Waals surface area contributed by atoms with E-state index in [2.05, 4.69) is 20.7 Å². The Bertz CT molecular complexity index is 724. The first-order valence-electron chi connectivity index (χ1n) is 6.40. The largest absolute Gasteiger partial charge is 0.326 e. The van der Waals surface area contributed by atoms with E-state index >= 15 is 0 Å². The Labute approximate surface area is 137 Å². The minimum Gasteiger partial charge on any atom is -0.326 e. The van der Waals surface area contributed by atoms with E-state index in [-0.39, 0.29) is 10.9 Å². The van der Waals surface area contributed by atoms with Crippen LogP contribution >= 0.6 is 27.3 Å². The molecule has 0 spiro atoms. The summed E-state index contributed by atoms with van der Waals surface area (Å²) in [5.41, 5.74) is 7.62. The maximum absolute atomic E-state index is 12.5. The molecule has 1 aromatic heterocycles. The lowest BCUT2D eigenvalue weighted by Crippen LogP contribution is -2.26. The lowest BCUT2D eigenvalue weighted by atomic mass is 10.1. The molecule has 114 valence electrons. The van der Waals surface area contributed by atoms with Crippen molar-refractivity contribution in [2.24, 2.45) is 5.73 Å². The van der Waals surface area contributed by atoms with Crippen molar-refractivity contribution < 1.29 is 8.42 Å². The van der Waals surface area contributed by atoms with Crippen molar-refractivity contribution in [1.82, 2.24) is 4.72 Å². The summed E-state index contributed by atoms with van der Waals surface area (Å²) in [5, 5.41) is 0. The quantitative estimate of drug-likeness (QED) is 0.824. The van der Waals surface area contributed by atoms with Crippen LogP contribution in [0.15, 0.2) is 39.0 Å². The molecular formula is C14H17BrN2O2S2. The normalized spacial score (nSPS) is 13.3. The Morgan fingerprint density at radius 3 is 2.48 bits per heavy atom. The van der Waals surface area contributed by atoms with Gasteiger partial charge in [-0.2, -0.15) is 0 Å². The van der Waals surface area contributed by atoms with Crippen molar-refractivity contribution in [1.29, 1.82) is 0 Å². The molecule has 21 heavy (non-hydrogen) atoms. The molecular weight excluding hydrogens is 372 g/mol. The number of nitrogens with two attached hydrogens (primary N) is 1. The summed E-state index contributed by atoms with van der Waals surface area (Å²) in [5.74, 6) is 0. The summed E-state index contributed by atoms with van der Waals surface area (Å²) >= 11 is 4.63. The molecule has 1 aromatic carbocycles. The van der Waals surface area contributed by atoms with Gasteiger partial charge in [0, 0.05) is 17.5 Å². The van der Waals surface area contributed by atoms with Crippen LogP contribution in [0.4, 0.5) is 0 Å². The van der Waals surface area contributed by atoms with Gasteiger partial charge in [-0.05, 0) is 41.4 Å². The maximum atomic E-state index is 12.5. The minimum atomic E-state index is -3.58. The third-order valence-corrected chi connectivity index (χ3v) is 6.92. The number of sulfonamides is 1. The number of benzene rings is 1. The van der Waals surface area contributed by atoms with E-state index in [9.17, 15) is 8.42 Å². The second kappa shape index (κ2) is 6.58. The van der Waals surface area contributed by atoms with E-state index in [0.29, 0.717) is 10.3 Å². The van der Waals surface area contributed by atoms with Gasteiger partial charge in [0.05, 0.1) is 3.79 Å². The number of nitrogens with one attached hydrogen (secondary N) is 1. The minimum absolute atomic E-state index is 0.243. The molecule has 0 saturated heterocycles. The summed E-state index contributed by atoms with van der Waals surface area (Å²) < 4.78 is 28.2. The molecule has 2 aromatic rings. The number of hydrogen-bond donors (Lipinski definition) is 2. The van der Waals surface area contributed by atoms with E-state index in [1.165, 1.54) is 11.3 Å². The van der Waals surface area contributed by atoms with E-state index in [1.54, 1.807) is 6.07 Å². The average molecular weight is 389 g/mol. The fourth-order valence-corrected chi connectivity index (χ4v) is 5.69. The van der Waals surface area contributed by atoms with E-state index in [4.69, 9.17) is 5.73 Å². The fourth-order valence-electron chi connectivity index (χ4n) is 1.90. The first kappa shape index (κ1) is 16.6. The topological polar surface area (TPSA) is 72.2 Å². The first-order chi connectivity index (χ1) is 9.83. The molecule has 1 atom stereocenters. The molecule has 1 heterocycles. The molecule has 0 amide bonds. The molecule has 0 saturated carbocycles. The van der Waals surface area contributed by atoms with E-state index in [0.717, 1.165) is 16.0 Å². The third kappa shape index (κ3) is 3.92. The van der Waals surface area contributed by atoms with Gasteiger partial charge >= 0.3 is 0 Å². The van der Waals surface area contributed by atoms with E-state index in [1.807, 2.05) is 38.1 Å². The van der Waals surface area contributed by atoms with Crippen molar-refractivity contribution in [2.75, 3.05) is 0 Å². The molecule has 2 rings (SSSR count). The second-order valence-corrected chi connectivity index (χ2v) is 8.95. The predicted molar refractivity (Wildman–Crippen MR) is 89.8 cm³/mol. The standard InChI is InChI=1S/C14H17BrN2O2S2/c1-9-3-5-11(6-4-9)10(2)17-21(18,19)13-7-12(8-16)20-14(13)15/h3-7,10,17H,8,16H2,1-2H3. The van der Waals surface area contributed by atoms with Crippen molar-refractivity contribution in [2.45, 2.75) is 31.3 Å². The molecule has 0 aliphatic carbocycles. The highest BCUT2D eigenvalue weighted by molar-refractivity contribution is 9.11. The summed E-state index contributed by atoms with van der Waals surface area (Å²) in [7, 11) is -3.58. The van der Waals surface area contributed by atoms with Crippen LogP contribution in [-0.4, -0.2) is 8.42 Å². The van der Waals surface area contributed by atoms with Gasteiger partial charge in [-0.15, -0.1) is 11.3 Å². The van der Waals surface area contributed by atoms with Gasteiger partial charge in [-0.25, -0.2) is 13.1 Å². The lowest BCUT2D eigenvalue weighted by molar-refractivity contribution is 0.567. The highest BCUT2D eigenvalue weighted by Gasteiger charge is 2.23. The Morgan fingerprint density at radius 1 is 1.33 bits per heavy atom. The summed E-state index contributed by atoms with van der Waals surface area (Å²) in [6.07, 6.45) is 0. The second-order valence-electron chi connectivity index (χ2n) is 4.81. The number of thiophene rings is 1. The van der Waals surface area contributed by atoms with Crippen molar-refractivity contribution >= 4 is 37.3 Å². The Kier molecular flexibility index (Phi) is 5.21. The number of aryl methyl sites for hydroxylation is 1. The van der Waals surface area contributed by atoms with Crippen molar-refractivity contribution in [3.05, 3.63) is 50.1 Å². The van der Waals surface area contributed by atoms with Crippen LogP contribution in [0.1, 0.15) is 29.0 Å². The van der Waals surface area contributed by atoms with Crippen molar-refractivity contribution in [3.63, 3.8) is 0 Å². The molecule has 0 radical (unpaired) electrons. The highest BCUT2D eigenvalue weighted by Crippen LogP contribution is 2.32. The molecule has 7 heteroatoms. The molecule has 3 N–H and O–H groups in total. The molecule has 0 bridgehead atoms. The number of rotatable bonds is 5. The fraction of sp³-hybridized carbons (Fsp3) is 0.286. The van der Waals surface area contributed by atoms with Gasteiger partial charge in [-0.3, -0.25) is 0 Å². The van der Waals surface area contributed by atoms with Gasteiger partial charge in [-0.1, -0.05) is 29.8 Å². The lowest BCUT2D eigenvalue weighted by Gasteiger charge is -2.14. The Hall–Kier alpha value is -0.730. The zero-order valence-electron chi connectivity index (χ0n) is 11.8. The van der Waals surface area contributed by atoms with Crippen LogP contribution in [0.5, 0.6) is 0 Å². The van der Waals surface area contributed by atoms with Crippen LogP contribution < -0.4 is 10.5 Å². The number of halogens is 1. The van der Waals surface area contributed by atoms with Crippen LogP contribution in [-0.2, 0) is 16.6 Å². The van der Waals surface area contributed by atoms with Crippen LogP contribution in [0, 0.1) is 6.92 Å². The zero-order valence-corrected chi connectivity index (χ0v) is 15.0. The molecule has 0 aliphatic heterocycles. The van der Waals surface area contributed by atoms with Crippen LogP contribution in [0.3, 0.4) is 0 Å². The summed E-state index contributed by atoms with van der Waals surface area (Å²) in [4.78, 5) is 1.07. The smallest absolute Gasteiger partial charge is 0.243 e. The highest BCUT2D eigenvalue weighted by atomic mass is 79.9. The predicted octanol–water partition coefficient (Wildman–Crippen LogP) is 3.32. The van der Waals surface area contributed by atoms with Gasteiger partial charge in [0.25, 0.3) is 0 Å². The monoisotopic (exact) mass is 388 g/mol. The summed E-state index contributed by atoms with van der Waals surface area (Å²) in [6, 6.07) is 9.09. The van der Waals surface area contributed by atoms with Gasteiger partial charge in [0.1, 0.15) is 4.90 Å². The molecule has 0 aliphatic rings. The molecule has 4 nitrogen and oxygen atoms in total. The third-order valence-electron chi connectivity index (χ3n) is 3.11. The van der Waals surface area contributed by atoms with Gasteiger partial charge in [0.2, 0.25) is 10.0 Å². The van der Waals surface area contributed by atoms with Crippen LogP contribution in [0.25, 0.3) is 0 Å². The van der Waals surface area contributed by atoms with Gasteiger partial charge in [0.15, 0.2) is 0 Å². The Balaban J connectivity index is 2.24. The molecule has 1 unspecified atom stereocenters. The van der Waals surface area contributed by atoms with Gasteiger partial charge < -0.3 is 5.73 Å². The van der Waals surface area contributed by atoms with Crippen molar-refractivity contribution in [3.8, 4) is 0 Å².